The number of rotatable bonds is 7. The van der Waals surface area contributed by atoms with Crippen LogP contribution in [0, 0.1) is 13.8 Å². The first-order chi connectivity index (χ1) is 14.5. The maximum Gasteiger partial charge on any atom is 0.262 e. The van der Waals surface area contributed by atoms with Gasteiger partial charge in [0.25, 0.3) is 5.91 Å². The Balaban J connectivity index is 0.00000198. The van der Waals surface area contributed by atoms with Gasteiger partial charge in [-0.15, -0.1) is 0 Å². The maximum absolute atomic E-state index is 13.1. The molecule has 0 amide bonds. The molecule has 1 aromatic heterocycles. The van der Waals surface area contributed by atoms with Crippen molar-refractivity contribution >= 4 is 18.3 Å². The summed E-state index contributed by atoms with van der Waals surface area (Å²) in [5, 5.41) is 7.00. The van der Waals surface area contributed by atoms with Crippen LogP contribution in [0.2, 0.25) is 0 Å². The van der Waals surface area contributed by atoms with E-state index in [4.69, 9.17) is 9.84 Å². The summed E-state index contributed by atoms with van der Waals surface area (Å²) in [4.78, 5) is 24.3. The number of ether oxygens (including phenoxy) is 1. The number of hydrogen-bond acceptors (Lipinski definition) is 4. The lowest BCUT2D eigenvalue weighted by Gasteiger charge is -2.09. The first-order valence-electron chi connectivity index (χ1n) is 10.5. The highest BCUT2D eigenvalue weighted by Gasteiger charge is 2.21. The molecule has 0 aliphatic rings. The Kier molecular flexibility index (Phi) is 13.1. The molecule has 0 atom stereocenters. The van der Waals surface area contributed by atoms with Crippen molar-refractivity contribution in [3.63, 3.8) is 0 Å². The number of aromatic nitrogens is 1. The Morgan fingerprint density at radius 3 is 2.07 bits per heavy atom. The van der Waals surface area contributed by atoms with Gasteiger partial charge in [0.05, 0.1) is 12.9 Å². The van der Waals surface area contributed by atoms with Crippen LogP contribution in [0.5, 0.6) is 0 Å². The number of aliphatic hydroxyl groups is 1. The zero-order valence-electron chi connectivity index (χ0n) is 19.7. The molecule has 1 heterocycles. The number of benzene rings is 1. The predicted octanol–water partition coefficient (Wildman–Crippen LogP) is 5.13. The van der Waals surface area contributed by atoms with Crippen LogP contribution in [0.1, 0.15) is 72.6 Å². The Bertz CT molecular complexity index is 824. The highest BCUT2D eigenvalue weighted by Crippen LogP contribution is 2.27. The van der Waals surface area contributed by atoms with Crippen LogP contribution in [0.3, 0.4) is 0 Å². The van der Waals surface area contributed by atoms with Crippen LogP contribution in [-0.4, -0.2) is 36.1 Å². The second-order valence-electron chi connectivity index (χ2n) is 6.29. The van der Waals surface area contributed by atoms with Crippen molar-refractivity contribution < 1.29 is 19.4 Å². The van der Waals surface area contributed by atoms with Gasteiger partial charge in [0, 0.05) is 42.5 Å². The summed E-state index contributed by atoms with van der Waals surface area (Å²) in [5.74, 6) is 0.738. The number of carbonyl (C=O) groups excluding carboxylic acids is 2. The zero-order chi connectivity index (χ0) is 23.3. The van der Waals surface area contributed by atoms with E-state index in [1.165, 1.54) is 5.56 Å². The Labute approximate surface area is 181 Å². The van der Waals surface area contributed by atoms with E-state index in [0.29, 0.717) is 5.56 Å². The van der Waals surface area contributed by atoms with Crippen molar-refractivity contribution in [2.45, 2.75) is 60.8 Å². The van der Waals surface area contributed by atoms with Gasteiger partial charge >= 0.3 is 0 Å². The Hall–Kier alpha value is -2.66. The minimum Gasteiger partial charge on any atom is -0.501 e. The van der Waals surface area contributed by atoms with Gasteiger partial charge in [-0.1, -0.05) is 39.8 Å². The minimum atomic E-state index is -0.0788. The van der Waals surface area contributed by atoms with Crippen LogP contribution in [0.15, 0.2) is 30.0 Å². The van der Waals surface area contributed by atoms with Gasteiger partial charge in [0.15, 0.2) is 0 Å². The lowest BCUT2D eigenvalue weighted by Crippen LogP contribution is -2.15. The number of aryl methyl sites for hydroxylation is 1. The van der Waals surface area contributed by atoms with Crippen molar-refractivity contribution in [2.75, 3.05) is 14.2 Å². The fraction of sp³-hybridized carbons (Fsp3) is 0.440. The third-order valence-corrected chi connectivity index (χ3v) is 4.84. The number of carbonyl (C=O) groups is 2. The van der Waals surface area contributed by atoms with E-state index in [0.717, 1.165) is 54.5 Å². The summed E-state index contributed by atoms with van der Waals surface area (Å²) in [6.07, 6.45) is 4.76. The number of allylic oxidation sites excluding steroid dienone is 1. The number of aldehydes is 1. The Morgan fingerprint density at radius 2 is 1.63 bits per heavy atom. The van der Waals surface area contributed by atoms with Crippen LogP contribution in [0.4, 0.5) is 0 Å². The summed E-state index contributed by atoms with van der Waals surface area (Å²) in [6, 6.07) is 7.69. The third-order valence-electron chi connectivity index (χ3n) is 4.84. The van der Waals surface area contributed by atoms with Crippen LogP contribution < -0.4 is 0 Å². The van der Waals surface area contributed by atoms with Gasteiger partial charge < -0.3 is 14.6 Å². The lowest BCUT2D eigenvalue weighted by atomic mass is 10.1. The summed E-state index contributed by atoms with van der Waals surface area (Å²) in [5.41, 5.74) is 5.23. The summed E-state index contributed by atoms with van der Waals surface area (Å²) >= 11 is 0. The quantitative estimate of drug-likeness (QED) is 0.503. The van der Waals surface area contributed by atoms with Gasteiger partial charge in [-0.3, -0.25) is 9.36 Å². The molecule has 0 bridgehead atoms. The minimum absolute atomic E-state index is 0.0788. The highest BCUT2D eigenvalue weighted by molar-refractivity contribution is 5.98. The van der Waals surface area contributed by atoms with Gasteiger partial charge in [-0.25, -0.2) is 0 Å². The number of nitrogens with zero attached hydrogens (tertiary/aromatic N) is 1. The highest BCUT2D eigenvalue weighted by atomic mass is 16.5. The van der Waals surface area contributed by atoms with Gasteiger partial charge in [-0.05, 0) is 49.6 Å². The SMILES string of the molecule is CC.CC/C(=C\c1c(CC=O)c(C)n(C(=O)c2ccc(CC)cc2)c1C)OC.CO. The molecular weight excluding hydrogens is 378 g/mol. The second kappa shape index (κ2) is 14.3. The molecule has 2 rings (SSSR count). The van der Waals surface area contributed by atoms with E-state index in [1.54, 1.807) is 11.7 Å². The van der Waals surface area contributed by atoms with Gasteiger partial charge in [0.1, 0.15) is 6.29 Å². The normalized spacial score (nSPS) is 10.4. The fourth-order valence-corrected chi connectivity index (χ4v) is 3.24. The van der Waals surface area contributed by atoms with E-state index >= 15 is 0 Å². The average Bonchev–Trinajstić information content (AvgIpc) is 3.03. The molecule has 5 nitrogen and oxygen atoms in total. The molecule has 5 heteroatoms. The third kappa shape index (κ3) is 6.42. The van der Waals surface area contributed by atoms with Gasteiger partial charge in [-0.2, -0.15) is 0 Å². The molecule has 0 fully saturated rings. The molecule has 0 radical (unpaired) electrons. The van der Waals surface area contributed by atoms with E-state index in [1.807, 2.05) is 65.0 Å². The first-order valence-corrected chi connectivity index (χ1v) is 10.5. The predicted molar refractivity (Wildman–Crippen MR) is 124 cm³/mol. The molecule has 2 aromatic rings. The number of hydrogen-bond donors (Lipinski definition) is 1. The van der Waals surface area contributed by atoms with Gasteiger partial charge in [0.2, 0.25) is 0 Å². The van der Waals surface area contributed by atoms with E-state index < -0.39 is 0 Å². The molecule has 0 aliphatic heterocycles. The van der Waals surface area contributed by atoms with Crippen LogP contribution in [-0.2, 0) is 22.4 Å². The molecule has 30 heavy (non-hydrogen) atoms. The molecule has 0 unspecified atom stereocenters. The van der Waals surface area contributed by atoms with Crippen molar-refractivity contribution in [3.05, 3.63) is 63.7 Å². The van der Waals surface area contributed by atoms with E-state index in [-0.39, 0.29) is 12.3 Å². The Morgan fingerprint density at radius 1 is 1.07 bits per heavy atom. The standard InChI is InChI=1S/C22H27NO3.C2H6.CH4O/c1-6-17-8-10-18(11-9-17)22(25)23-15(3)20(12-13-24)21(16(23)4)14-19(7-2)26-5;2*1-2/h8-11,13-14H,6-7,12H2,1-5H3;1-2H3;2H,1H3/b19-14+;;. The molecule has 166 valence electrons. The smallest absolute Gasteiger partial charge is 0.262 e. The average molecular weight is 416 g/mol. The van der Waals surface area contributed by atoms with Crippen molar-refractivity contribution in [1.82, 2.24) is 4.57 Å². The second-order valence-corrected chi connectivity index (χ2v) is 6.29. The number of methoxy groups -OCH3 is 1. The van der Waals surface area contributed by atoms with Crippen molar-refractivity contribution in [2.24, 2.45) is 0 Å². The van der Waals surface area contributed by atoms with E-state index in [9.17, 15) is 9.59 Å². The summed E-state index contributed by atoms with van der Waals surface area (Å²) in [7, 11) is 2.63. The monoisotopic (exact) mass is 415 g/mol. The van der Waals surface area contributed by atoms with Crippen molar-refractivity contribution in [3.8, 4) is 0 Å². The first kappa shape index (κ1) is 27.3. The van der Waals surface area contributed by atoms with Crippen LogP contribution in [0.25, 0.3) is 6.08 Å². The number of aliphatic hydroxyl groups excluding tert-OH is 1. The molecule has 1 aromatic carbocycles. The topological polar surface area (TPSA) is 68.5 Å². The lowest BCUT2D eigenvalue weighted by molar-refractivity contribution is -0.107. The molecule has 0 saturated carbocycles. The molecule has 0 spiro atoms. The molecule has 0 aliphatic carbocycles. The van der Waals surface area contributed by atoms with Crippen molar-refractivity contribution in [1.29, 1.82) is 0 Å². The molecule has 1 N–H and O–H groups in total. The largest absolute Gasteiger partial charge is 0.501 e. The van der Waals surface area contributed by atoms with E-state index in [2.05, 4.69) is 6.92 Å². The summed E-state index contributed by atoms with van der Waals surface area (Å²) in [6.45, 7) is 11.9. The maximum atomic E-state index is 13.1. The van der Waals surface area contributed by atoms with Crippen LogP contribution >= 0.6 is 0 Å². The molecular formula is C25H37NO4. The summed E-state index contributed by atoms with van der Waals surface area (Å²) < 4.78 is 7.09. The molecule has 0 saturated heterocycles. The fourth-order valence-electron chi connectivity index (χ4n) is 3.24. The zero-order valence-corrected chi connectivity index (χ0v) is 19.7.